The van der Waals surface area contributed by atoms with Gasteiger partial charge in [0.05, 0.1) is 18.8 Å². The largest absolute Gasteiger partial charge is 0.416 e. The van der Waals surface area contributed by atoms with Crippen molar-refractivity contribution in [2.24, 2.45) is 5.73 Å². The van der Waals surface area contributed by atoms with Crippen LogP contribution in [0.1, 0.15) is 84.0 Å². The van der Waals surface area contributed by atoms with Crippen LogP contribution in [0.4, 0.5) is 0 Å². The number of rotatable bonds is 19. The Balaban J connectivity index is 4.00. The topological polar surface area (TPSA) is 44.5 Å². The lowest BCUT2D eigenvalue weighted by Crippen LogP contribution is -2.46. The Morgan fingerprint density at radius 3 is 1.66 bits per heavy atom. The molecule has 2 atom stereocenters. The second-order valence-electron chi connectivity index (χ2n) is 10.5. The minimum Gasteiger partial charge on any atom is -0.416 e. The van der Waals surface area contributed by atoms with Crippen LogP contribution in [-0.2, 0) is 8.85 Å². The third kappa shape index (κ3) is 21.1. The van der Waals surface area contributed by atoms with E-state index in [1.54, 1.807) is 0 Å². The van der Waals surface area contributed by atoms with Gasteiger partial charge in [-0.15, -0.1) is 0 Å². The van der Waals surface area contributed by atoms with Crippen molar-refractivity contribution in [1.82, 2.24) is 0 Å². The molecule has 0 amide bonds. The minimum absolute atomic E-state index is 0.0225. The van der Waals surface area contributed by atoms with Crippen molar-refractivity contribution in [2.45, 2.75) is 135 Å². The molecule has 0 unspecified atom stereocenters. The van der Waals surface area contributed by atoms with Gasteiger partial charge in [0.1, 0.15) is 0 Å². The summed E-state index contributed by atoms with van der Waals surface area (Å²) in [4.78, 5) is 0. The predicted molar refractivity (Wildman–Crippen MR) is 136 cm³/mol. The molecule has 0 bridgehead atoms. The summed E-state index contributed by atoms with van der Waals surface area (Å²) in [5.41, 5.74) is 6.42. The van der Waals surface area contributed by atoms with Gasteiger partial charge in [0, 0.05) is 0 Å². The van der Waals surface area contributed by atoms with Crippen LogP contribution in [0, 0.1) is 0 Å². The van der Waals surface area contributed by atoms with E-state index in [0.717, 1.165) is 6.42 Å². The lowest BCUT2D eigenvalue weighted by molar-refractivity contribution is 0.163. The van der Waals surface area contributed by atoms with Gasteiger partial charge in [-0.25, -0.2) is 0 Å². The van der Waals surface area contributed by atoms with Gasteiger partial charge in [-0.05, 0) is 52.1 Å². The molecule has 3 nitrogen and oxygen atoms in total. The standard InChI is InChI=1S/C24H53NO2Si2/c1-8-9-10-11-12-13-14-15-16-17-18-19-20-21-24(27-29(5,6)7)23(25)22-26-28(2,3)4/h20-21,23-24H,8-19,22,25H2,1-7H3/b21-20+/t23-,24+/m0/s1. The van der Waals surface area contributed by atoms with E-state index >= 15 is 0 Å². The Morgan fingerprint density at radius 1 is 0.724 bits per heavy atom. The quantitative estimate of drug-likeness (QED) is 0.127. The van der Waals surface area contributed by atoms with Gasteiger partial charge in [-0.3, -0.25) is 0 Å². The number of unbranched alkanes of at least 4 members (excludes halogenated alkanes) is 11. The number of hydrogen-bond donors (Lipinski definition) is 1. The maximum Gasteiger partial charge on any atom is 0.184 e. The maximum atomic E-state index is 6.42. The second kappa shape index (κ2) is 16.7. The van der Waals surface area contributed by atoms with Crippen molar-refractivity contribution in [3.8, 4) is 0 Å². The van der Waals surface area contributed by atoms with Crippen molar-refractivity contribution in [1.29, 1.82) is 0 Å². The SMILES string of the molecule is CCCCCCCCCCCCC/C=C/[C@@H](O[Si](C)(C)C)[C@@H](N)CO[Si](C)(C)C. The van der Waals surface area contributed by atoms with Gasteiger partial charge in [0.2, 0.25) is 0 Å². The van der Waals surface area contributed by atoms with Crippen molar-refractivity contribution < 1.29 is 8.85 Å². The van der Waals surface area contributed by atoms with Gasteiger partial charge in [0.25, 0.3) is 0 Å². The molecule has 0 radical (unpaired) electrons. The molecule has 0 aromatic rings. The Labute approximate surface area is 185 Å². The van der Waals surface area contributed by atoms with Crippen molar-refractivity contribution in [3.63, 3.8) is 0 Å². The van der Waals surface area contributed by atoms with Crippen LogP contribution in [0.25, 0.3) is 0 Å². The first kappa shape index (κ1) is 29.1. The summed E-state index contributed by atoms with van der Waals surface area (Å²) in [5, 5.41) is 0. The van der Waals surface area contributed by atoms with E-state index in [1.165, 1.54) is 70.6 Å². The first-order valence-electron chi connectivity index (χ1n) is 12.3. The maximum absolute atomic E-state index is 6.42. The van der Waals surface area contributed by atoms with Crippen LogP contribution in [0.2, 0.25) is 39.3 Å². The molecule has 0 saturated carbocycles. The molecule has 0 heterocycles. The minimum atomic E-state index is -1.64. The summed E-state index contributed by atoms with van der Waals surface area (Å²) in [7, 11) is -3.18. The molecule has 174 valence electrons. The first-order chi connectivity index (χ1) is 13.5. The molecule has 2 N–H and O–H groups in total. The highest BCUT2D eigenvalue weighted by atomic mass is 28.4. The van der Waals surface area contributed by atoms with Crippen LogP contribution in [0.5, 0.6) is 0 Å². The summed E-state index contributed by atoms with van der Waals surface area (Å²) in [6.45, 7) is 16.2. The summed E-state index contributed by atoms with van der Waals surface area (Å²) >= 11 is 0. The zero-order chi connectivity index (χ0) is 22.2. The smallest absolute Gasteiger partial charge is 0.184 e. The van der Waals surface area contributed by atoms with Gasteiger partial charge in [-0.1, -0.05) is 83.3 Å². The first-order valence-corrected chi connectivity index (χ1v) is 19.1. The Morgan fingerprint density at radius 2 is 1.21 bits per heavy atom. The monoisotopic (exact) mass is 443 g/mol. The number of hydrogen-bond acceptors (Lipinski definition) is 3. The fourth-order valence-corrected chi connectivity index (χ4v) is 5.04. The van der Waals surface area contributed by atoms with E-state index in [9.17, 15) is 0 Å². The molecule has 0 aliphatic rings. The summed E-state index contributed by atoms with van der Waals surface area (Å²) < 4.78 is 12.4. The molecule has 0 aliphatic heterocycles. The molecule has 0 aromatic heterocycles. The molecule has 0 spiro atoms. The zero-order valence-corrected chi connectivity index (χ0v) is 22.9. The van der Waals surface area contributed by atoms with Crippen LogP contribution in [0.3, 0.4) is 0 Å². The summed E-state index contributed by atoms with van der Waals surface area (Å²) in [5.74, 6) is 0. The molecule has 0 rings (SSSR count). The lowest BCUT2D eigenvalue weighted by Gasteiger charge is -2.30. The highest BCUT2D eigenvalue weighted by Crippen LogP contribution is 2.15. The van der Waals surface area contributed by atoms with E-state index in [1.807, 2.05) is 0 Å². The fraction of sp³-hybridized carbons (Fsp3) is 0.917. The summed E-state index contributed by atoms with van der Waals surface area (Å²) in [6.07, 6.45) is 20.9. The zero-order valence-electron chi connectivity index (χ0n) is 20.9. The molecular weight excluding hydrogens is 390 g/mol. The van der Waals surface area contributed by atoms with Gasteiger partial charge in [0.15, 0.2) is 16.6 Å². The molecule has 0 saturated heterocycles. The third-order valence-corrected chi connectivity index (χ3v) is 6.93. The molecule has 29 heavy (non-hydrogen) atoms. The fourth-order valence-electron chi connectivity index (χ4n) is 3.28. The Hall–Kier alpha value is 0.0538. The average Bonchev–Trinajstić information content (AvgIpc) is 2.61. The Bertz CT molecular complexity index is 403. The van der Waals surface area contributed by atoms with Crippen molar-refractivity contribution >= 4 is 16.6 Å². The average molecular weight is 444 g/mol. The molecule has 0 fully saturated rings. The van der Waals surface area contributed by atoms with E-state index in [0.29, 0.717) is 6.61 Å². The summed E-state index contributed by atoms with van der Waals surface area (Å²) in [6, 6.07) is -0.0815. The van der Waals surface area contributed by atoms with Crippen molar-refractivity contribution in [3.05, 3.63) is 12.2 Å². The highest BCUT2D eigenvalue weighted by Gasteiger charge is 2.25. The molecule has 0 aromatic carbocycles. The third-order valence-electron chi connectivity index (χ3n) is 4.92. The van der Waals surface area contributed by atoms with Gasteiger partial charge >= 0.3 is 0 Å². The van der Waals surface area contributed by atoms with Crippen LogP contribution in [0.15, 0.2) is 12.2 Å². The highest BCUT2D eigenvalue weighted by molar-refractivity contribution is 6.70. The molecular formula is C24H53NO2Si2. The van der Waals surface area contributed by atoms with Crippen LogP contribution >= 0.6 is 0 Å². The van der Waals surface area contributed by atoms with Crippen LogP contribution < -0.4 is 5.73 Å². The molecule has 5 heteroatoms. The van der Waals surface area contributed by atoms with E-state index in [2.05, 4.69) is 58.4 Å². The van der Waals surface area contributed by atoms with Gasteiger partial charge < -0.3 is 14.6 Å². The Kier molecular flexibility index (Phi) is 16.7. The normalized spacial score (nSPS) is 15.2. The van der Waals surface area contributed by atoms with Crippen molar-refractivity contribution in [2.75, 3.05) is 6.61 Å². The second-order valence-corrected chi connectivity index (χ2v) is 19.5. The van der Waals surface area contributed by atoms with Crippen LogP contribution in [-0.4, -0.2) is 35.4 Å². The van der Waals surface area contributed by atoms with E-state index < -0.39 is 16.6 Å². The van der Waals surface area contributed by atoms with E-state index in [4.69, 9.17) is 14.6 Å². The number of allylic oxidation sites excluding steroid dienone is 1. The van der Waals surface area contributed by atoms with Gasteiger partial charge in [-0.2, -0.15) is 0 Å². The lowest BCUT2D eigenvalue weighted by atomic mass is 10.0. The number of nitrogens with two attached hydrogens (primary N) is 1. The predicted octanol–water partition coefficient (Wildman–Crippen LogP) is 7.64. The van der Waals surface area contributed by atoms with E-state index in [-0.39, 0.29) is 12.1 Å². The molecule has 0 aliphatic carbocycles.